The number of ether oxygens (including phenoxy) is 1. The van der Waals surface area contributed by atoms with Gasteiger partial charge >= 0.3 is 0 Å². The highest BCUT2D eigenvalue weighted by atomic mass is 35.6. The molecule has 0 radical (unpaired) electrons. The van der Waals surface area contributed by atoms with Crippen LogP contribution in [0.5, 0.6) is 11.5 Å². The third-order valence-electron chi connectivity index (χ3n) is 2.49. The van der Waals surface area contributed by atoms with E-state index in [0.29, 0.717) is 17.1 Å². The van der Waals surface area contributed by atoms with Crippen molar-refractivity contribution in [2.75, 3.05) is 0 Å². The lowest BCUT2D eigenvalue weighted by Gasteiger charge is -2.21. The molecule has 0 spiro atoms. The predicted molar refractivity (Wildman–Crippen MR) is 78.2 cm³/mol. The highest BCUT2D eigenvalue weighted by Crippen LogP contribution is 2.43. The summed E-state index contributed by atoms with van der Waals surface area (Å²) in [6.07, 6.45) is -1.27. The van der Waals surface area contributed by atoms with Crippen LogP contribution in [0.3, 0.4) is 0 Å². The fourth-order valence-electron chi connectivity index (χ4n) is 1.59. The van der Waals surface area contributed by atoms with Crippen LogP contribution in [0.25, 0.3) is 0 Å². The van der Waals surface area contributed by atoms with Gasteiger partial charge in [-0.1, -0.05) is 71.2 Å². The van der Waals surface area contributed by atoms with Crippen molar-refractivity contribution in [2.45, 2.75) is 9.90 Å². The van der Waals surface area contributed by atoms with Crippen LogP contribution in [0.1, 0.15) is 11.7 Å². The summed E-state index contributed by atoms with van der Waals surface area (Å²) >= 11 is 17.2. The lowest BCUT2D eigenvalue weighted by molar-refractivity contribution is 0.179. The zero-order valence-corrected chi connectivity index (χ0v) is 12.0. The molecule has 2 aromatic carbocycles. The number of hydrogen-bond donors (Lipinski definition) is 1. The monoisotopic (exact) mass is 316 g/mol. The van der Waals surface area contributed by atoms with Crippen LogP contribution in [-0.2, 0) is 0 Å². The molecule has 0 aliphatic carbocycles. The summed E-state index contributed by atoms with van der Waals surface area (Å²) in [5, 5.41) is 10.0. The van der Waals surface area contributed by atoms with E-state index >= 15 is 0 Å². The smallest absolute Gasteiger partial charge is 0.220 e. The van der Waals surface area contributed by atoms with E-state index in [1.807, 2.05) is 18.2 Å². The molecule has 100 valence electrons. The van der Waals surface area contributed by atoms with E-state index in [2.05, 4.69) is 0 Å². The van der Waals surface area contributed by atoms with Crippen molar-refractivity contribution in [3.05, 3.63) is 60.2 Å². The molecule has 0 aliphatic heterocycles. The molecule has 2 nitrogen and oxygen atoms in total. The fraction of sp³-hybridized carbons (Fsp3) is 0.143. The van der Waals surface area contributed by atoms with Crippen molar-refractivity contribution in [3.63, 3.8) is 0 Å². The van der Waals surface area contributed by atoms with Gasteiger partial charge in [-0.25, -0.2) is 0 Å². The summed E-state index contributed by atoms with van der Waals surface area (Å²) in [7, 11) is 0. The summed E-state index contributed by atoms with van der Waals surface area (Å²) < 4.78 is 3.88. The molecule has 0 bridgehead atoms. The van der Waals surface area contributed by atoms with Crippen LogP contribution in [0.4, 0.5) is 0 Å². The zero-order chi connectivity index (χ0) is 13.9. The Bertz CT molecular complexity index is 538. The van der Waals surface area contributed by atoms with Crippen molar-refractivity contribution < 1.29 is 9.84 Å². The molecule has 0 aromatic heterocycles. The molecule has 0 amide bonds. The Labute approximate surface area is 126 Å². The van der Waals surface area contributed by atoms with Crippen molar-refractivity contribution in [3.8, 4) is 11.5 Å². The highest BCUT2D eigenvalue weighted by Gasteiger charge is 2.34. The maximum Gasteiger partial charge on any atom is 0.220 e. The second kappa shape index (κ2) is 6.02. The Kier molecular flexibility index (Phi) is 4.58. The number of aliphatic hydroxyl groups is 1. The van der Waals surface area contributed by atoms with Crippen molar-refractivity contribution >= 4 is 34.8 Å². The van der Waals surface area contributed by atoms with Gasteiger partial charge in [-0.2, -0.15) is 0 Å². The van der Waals surface area contributed by atoms with E-state index in [0.717, 1.165) is 0 Å². The first kappa shape index (κ1) is 14.5. The third-order valence-corrected chi connectivity index (χ3v) is 3.11. The number of para-hydroxylation sites is 2. The Morgan fingerprint density at radius 1 is 0.895 bits per heavy atom. The summed E-state index contributed by atoms with van der Waals surface area (Å²) in [5.74, 6) is 1.10. The van der Waals surface area contributed by atoms with Crippen molar-refractivity contribution in [1.82, 2.24) is 0 Å². The summed E-state index contributed by atoms with van der Waals surface area (Å²) in [6.45, 7) is 0. The molecule has 0 saturated heterocycles. The molecule has 0 saturated carbocycles. The van der Waals surface area contributed by atoms with Crippen LogP contribution < -0.4 is 4.74 Å². The number of alkyl halides is 3. The molecule has 1 atom stereocenters. The molecule has 19 heavy (non-hydrogen) atoms. The van der Waals surface area contributed by atoms with E-state index in [-0.39, 0.29) is 0 Å². The van der Waals surface area contributed by atoms with Crippen molar-refractivity contribution in [1.29, 1.82) is 0 Å². The first-order chi connectivity index (χ1) is 8.98. The van der Waals surface area contributed by atoms with E-state index in [9.17, 15) is 5.11 Å². The topological polar surface area (TPSA) is 29.5 Å². The molecule has 2 rings (SSSR count). The largest absolute Gasteiger partial charge is 0.457 e. The predicted octanol–water partition coefficient (Wildman–Crippen LogP) is 4.88. The minimum atomic E-state index is -1.81. The van der Waals surface area contributed by atoms with Gasteiger partial charge in [-0.3, -0.25) is 0 Å². The minimum absolute atomic E-state index is 0.423. The third kappa shape index (κ3) is 3.77. The van der Waals surface area contributed by atoms with E-state index < -0.39 is 9.90 Å². The summed E-state index contributed by atoms with van der Waals surface area (Å²) in [4.78, 5) is 0. The first-order valence-electron chi connectivity index (χ1n) is 5.55. The van der Waals surface area contributed by atoms with Crippen LogP contribution in [0, 0.1) is 0 Å². The Morgan fingerprint density at radius 3 is 2.11 bits per heavy atom. The fourth-order valence-corrected chi connectivity index (χ4v) is 1.94. The molecule has 0 aliphatic rings. The average Bonchev–Trinajstić information content (AvgIpc) is 2.39. The first-order valence-corrected chi connectivity index (χ1v) is 6.68. The average molecular weight is 318 g/mol. The maximum atomic E-state index is 10.0. The van der Waals surface area contributed by atoms with Gasteiger partial charge in [0, 0.05) is 5.56 Å². The van der Waals surface area contributed by atoms with Crippen LogP contribution in [0.15, 0.2) is 54.6 Å². The lowest BCUT2D eigenvalue weighted by Crippen LogP contribution is -2.17. The second-order valence-corrected chi connectivity index (χ2v) is 6.27. The van der Waals surface area contributed by atoms with Gasteiger partial charge in [0.15, 0.2) is 0 Å². The quantitative estimate of drug-likeness (QED) is 0.817. The minimum Gasteiger partial charge on any atom is -0.457 e. The SMILES string of the molecule is OC(c1ccccc1Oc1ccccc1)C(Cl)(Cl)Cl. The number of benzene rings is 2. The lowest BCUT2D eigenvalue weighted by atomic mass is 10.1. The molecule has 0 fully saturated rings. The van der Waals surface area contributed by atoms with Gasteiger partial charge in [0.25, 0.3) is 0 Å². The second-order valence-electron chi connectivity index (χ2n) is 3.90. The van der Waals surface area contributed by atoms with Gasteiger partial charge in [0.05, 0.1) is 0 Å². The Balaban J connectivity index is 2.32. The van der Waals surface area contributed by atoms with Gasteiger partial charge in [-0.15, -0.1) is 0 Å². The van der Waals surface area contributed by atoms with Crippen molar-refractivity contribution in [2.24, 2.45) is 0 Å². The molecule has 2 aromatic rings. The number of rotatable bonds is 3. The van der Waals surface area contributed by atoms with Gasteiger partial charge in [-0.05, 0) is 18.2 Å². The Morgan fingerprint density at radius 2 is 1.47 bits per heavy atom. The molecule has 1 unspecified atom stereocenters. The molecule has 5 heteroatoms. The number of halogens is 3. The summed E-state index contributed by atoms with van der Waals surface area (Å²) in [5.41, 5.74) is 0.423. The van der Waals surface area contributed by atoms with E-state index in [1.54, 1.807) is 36.4 Å². The normalized spacial score (nSPS) is 13.1. The van der Waals surface area contributed by atoms with Gasteiger partial charge in [0.2, 0.25) is 3.79 Å². The Hall–Kier alpha value is -0.930. The van der Waals surface area contributed by atoms with Crippen LogP contribution >= 0.6 is 34.8 Å². The zero-order valence-electron chi connectivity index (χ0n) is 9.76. The molecule has 0 heterocycles. The molecular formula is C14H11Cl3O2. The van der Waals surface area contributed by atoms with Crippen LogP contribution in [0.2, 0.25) is 0 Å². The van der Waals surface area contributed by atoms with Crippen LogP contribution in [-0.4, -0.2) is 8.90 Å². The molecular weight excluding hydrogens is 307 g/mol. The molecule has 1 N–H and O–H groups in total. The highest BCUT2D eigenvalue weighted by molar-refractivity contribution is 6.68. The summed E-state index contributed by atoms with van der Waals surface area (Å²) in [6, 6.07) is 16.1. The van der Waals surface area contributed by atoms with Gasteiger partial charge < -0.3 is 9.84 Å². The standard InChI is InChI=1S/C14H11Cl3O2/c15-14(16,17)13(18)11-8-4-5-9-12(11)19-10-6-2-1-3-7-10/h1-9,13,18H. The van der Waals surface area contributed by atoms with E-state index in [4.69, 9.17) is 39.5 Å². The number of hydrogen-bond acceptors (Lipinski definition) is 2. The number of aliphatic hydroxyl groups excluding tert-OH is 1. The maximum absolute atomic E-state index is 10.0. The van der Waals surface area contributed by atoms with Gasteiger partial charge in [0.1, 0.15) is 17.6 Å². The van der Waals surface area contributed by atoms with E-state index in [1.165, 1.54) is 0 Å².